The van der Waals surface area contributed by atoms with Crippen LogP contribution in [0.25, 0.3) is 10.9 Å². The molecule has 27 heavy (non-hydrogen) atoms. The fourth-order valence-corrected chi connectivity index (χ4v) is 3.40. The molecule has 1 aromatic heterocycles. The molecule has 140 valence electrons. The smallest absolute Gasteiger partial charge is 0.320 e. The number of fused-ring (bicyclic) bond motifs is 1. The van der Waals surface area contributed by atoms with Crippen LogP contribution in [0.3, 0.4) is 0 Å². The number of unbranched alkanes of at least 4 members (excludes halogenated alkanes) is 1. The minimum atomic E-state index is -0.153. The van der Waals surface area contributed by atoms with E-state index in [2.05, 4.69) is 33.2 Å². The Kier molecular flexibility index (Phi) is 6.69. The number of para-hydroxylation sites is 2. The van der Waals surface area contributed by atoms with Crippen molar-refractivity contribution >= 4 is 50.2 Å². The molecular weight excluding hydrogens is 426 g/mol. The molecule has 0 saturated carbocycles. The lowest BCUT2D eigenvalue weighted by Gasteiger charge is -2.24. The predicted molar refractivity (Wildman–Crippen MR) is 115 cm³/mol. The van der Waals surface area contributed by atoms with Gasteiger partial charge in [0.1, 0.15) is 5.15 Å². The Bertz CT molecular complexity index is 948. The van der Waals surface area contributed by atoms with Gasteiger partial charge in [0.15, 0.2) is 0 Å². The van der Waals surface area contributed by atoms with Crippen LogP contribution in [-0.2, 0) is 6.54 Å². The molecule has 1 heterocycles. The number of rotatable bonds is 6. The van der Waals surface area contributed by atoms with Gasteiger partial charge in [-0.1, -0.05) is 55.3 Å². The van der Waals surface area contributed by atoms with Gasteiger partial charge in [-0.2, -0.15) is 0 Å². The SMILES string of the molecule is CCCCN(Cc1cc2ccccc2nc1Cl)C(=O)Nc1ccccc1Br. The van der Waals surface area contributed by atoms with Crippen molar-refractivity contribution in [2.45, 2.75) is 26.3 Å². The summed E-state index contributed by atoms with van der Waals surface area (Å²) in [7, 11) is 0. The maximum Gasteiger partial charge on any atom is 0.322 e. The van der Waals surface area contributed by atoms with Crippen LogP contribution in [0.5, 0.6) is 0 Å². The topological polar surface area (TPSA) is 45.2 Å². The number of nitrogens with zero attached hydrogens (tertiary/aromatic N) is 2. The van der Waals surface area contributed by atoms with E-state index in [0.29, 0.717) is 18.2 Å². The number of anilines is 1. The summed E-state index contributed by atoms with van der Waals surface area (Å²) < 4.78 is 0.846. The van der Waals surface area contributed by atoms with E-state index in [9.17, 15) is 4.79 Å². The lowest BCUT2D eigenvalue weighted by Crippen LogP contribution is -2.35. The Hall–Kier alpha value is -2.11. The van der Waals surface area contributed by atoms with Crippen LogP contribution in [0, 0.1) is 0 Å². The highest BCUT2D eigenvalue weighted by Gasteiger charge is 2.17. The molecule has 2 amide bonds. The standard InChI is InChI=1S/C21H21BrClN3O/c1-2-3-12-26(21(27)25-19-11-7-5-9-17(19)22)14-16-13-15-8-4-6-10-18(15)24-20(16)23/h4-11,13H,2-3,12,14H2,1H3,(H,25,27). The Morgan fingerprint density at radius 2 is 1.93 bits per heavy atom. The van der Waals surface area contributed by atoms with E-state index in [0.717, 1.165) is 39.5 Å². The van der Waals surface area contributed by atoms with Crippen LogP contribution in [0.1, 0.15) is 25.3 Å². The van der Waals surface area contributed by atoms with E-state index in [1.165, 1.54) is 0 Å². The fourth-order valence-electron chi connectivity index (χ4n) is 2.81. The Morgan fingerprint density at radius 1 is 1.19 bits per heavy atom. The van der Waals surface area contributed by atoms with Gasteiger partial charge >= 0.3 is 6.03 Å². The Morgan fingerprint density at radius 3 is 2.70 bits per heavy atom. The number of hydrogen-bond donors (Lipinski definition) is 1. The van der Waals surface area contributed by atoms with Crippen molar-refractivity contribution in [2.24, 2.45) is 0 Å². The molecule has 3 aromatic rings. The second kappa shape index (κ2) is 9.20. The number of nitrogens with one attached hydrogen (secondary N) is 1. The van der Waals surface area contributed by atoms with Gasteiger partial charge in [0.05, 0.1) is 17.7 Å². The summed E-state index contributed by atoms with van der Waals surface area (Å²) in [6.45, 7) is 3.16. The van der Waals surface area contributed by atoms with Crippen molar-refractivity contribution in [3.8, 4) is 0 Å². The first-order chi connectivity index (χ1) is 13.1. The molecule has 0 bridgehead atoms. The average molecular weight is 447 g/mol. The number of benzene rings is 2. The predicted octanol–water partition coefficient (Wildman–Crippen LogP) is 6.48. The van der Waals surface area contributed by atoms with Gasteiger partial charge in [-0.25, -0.2) is 9.78 Å². The molecule has 0 unspecified atom stereocenters. The highest BCUT2D eigenvalue weighted by atomic mass is 79.9. The van der Waals surface area contributed by atoms with Gasteiger partial charge in [-0.15, -0.1) is 0 Å². The lowest BCUT2D eigenvalue weighted by atomic mass is 10.1. The van der Waals surface area contributed by atoms with E-state index in [1.54, 1.807) is 4.90 Å². The molecule has 4 nitrogen and oxygen atoms in total. The molecular formula is C21H21BrClN3O. The van der Waals surface area contributed by atoms with Crippen molar-refractivity contribution in [1.29, 1.82) is 0 Å². The van der Waals surface area contributed by atoms with Gasteiger partial charge in [0, 0.05) is 22.0 Å². The molecule has 6 heteroatoms. The van der Waals surface area contributed by atoms with Gasteiger partial charge in [0.2, 0.25) is 0 Å². The number of aromatic nitrogens is 1. The molecule has 0 spiro atoms. The van der Waals surface area contributed by atoms with Crippen molar-refractivity contribution in [3.63, 3.8) is 0 Å². The minimum absolute atomic E-state index is 0.153. The number of carbonyl (C=O) groups is 1. The summed E-state index contributed by atoms with van der Waals surface area (Å²) in [5, 5.41) is 4.42. The van der Waals surface area contributed by atoms with Crippen LogP contribution in [0.15, 0.2) is 59.1 Å². The number of pyridine rings is 1. The molecule has 0 fully saturated rings. The molecule has 0 atom stereocenters. The van der Waals surface area contributed by atoms with Crippen molar-refractivity contribution in [1.82, 2.24) is 9.88 Å². The van der Waals surface area contributed by atoms with Gasteiger partial charge in [0.25, 0.3) is 0 Å². The van der Waals surface area contributed by atoms with Gasteiger partial charge < -0.3 is 10.2 Å². The maximum absolute atomic E-state index is 12.9. The second-order valence-electron chi connectivity index (χ2n) is 6.32. The first-order valence-electron chi connectivity index (χ1n) is 8.93. The van der Waals surface area contributed by atoms with E-state index in [-0.39, 0.29) is 6.03 Å². The van der Waals surface area contributed by atoms with Crippen LogP contribution in [0.4, 0.5) is 10.5 Å². The van der Waals surface area contributed by atoms with Gasteiger partial charge in [-0.05, 0) is 46.6 Å². The third-order valence-electron chi connectivity index (χ3n) is 4.30. The Balaban J connectivity index is 1.83. The average Bonchev–Trinajstić information content (AvgIpc) is 2.67. The zero-order valence-electron chi connectivity index (χ0n) is 15.1. The zero-order chi connectivity index (χ0) is 19.2. The highest BCUT2D eigenvalue weighted by molar-refractivity contribution is 9.10. The summed E-state index contributed by atoms with van der Waals surface area (Å²) in [5.74, 6) is 0. The molecule has 0 saturated heterocycles. The fraction of sp³-hybridized carbons (Fsp3) is 0.238. The van der Waals surface area contributed by atoms with Crippen molar-refractivity contribution in [3.05, 3.63) is 69.8 Å². The van der Waals surface area contributed by atoms with Crippen molar-refractivity contribution < 1.29 is 4.79 Å². The number of carbonyl (C=O) groups excluding carboxylic acids is 1. The summed E-state index contributed by atoms with van der Waals surface area (Å²) in [6.07, 6.45) is 1.92. The summed E-state index contributed by atoms with van der Waals surface area (Å²) in [5.41, 5.74) is 2.43. The third-order valence-corrected chi connectivity index (χ3v) is 5.31. The van der Waals surface area contributed by atoms with Crippen LogP contribution in [-0.4, -0.2) is 22.5 Å². The number of amides is 2. The summed E-state index contributed by atoms with van der Waals surface area (Å²) in [6, 6.07) is 17.3. The van der Waals surface area contributed by atoms with E-state index in [4.69, 9.17) is 11.6 Å². The normalized spacial score (nSPS) is 10.8. The highest BCUT2D eigenvalue weighted by Crippen LogP contribution is 2.24. The minimum Gasteiger partial charge on any atom is -0.320 e. The molecule has 0 aliphatic heterocycles. The number of halogens is 2. The molecule has 0 aliphatic rings. The van der Waals surface area contributed by atoms with E-state index < -0.39 is 0 Å². The molecule has 2 aromatic carbocycles. The lowest BCUT2D eigenvalue weighted by molar-refractivity contribution is 0.208. The number of hydrogen-bond acceptors (Lipinski definition) is 2. The van der Waals surface area contributed by atoms with Crippen LogP contribution >= 0.6 is 27.5 Å². The molecule has 0 aliphatic carbocycles. The quantitative estimate of drug-likeness (QED) is 0.440. The van der Waals surface area contributed by atoms with Crippen LogP contribution in [0.2, 0.25) is 5.15 Å². The van der Waals surface area contributed by atoms with Crippen LogP contribution < -0.4 is 5.32 Å². The van der Waals surface area contributed by atoms with Crippen molar-refractivity contribution in [2.75, 3.05) is 11.9 Å². The second-order valence-corrected chi connectivity index (χ2v) is 7.53. The third kappa shape index (κ3) is 4.99. The maximum atomic E-state index is 12.9. The van der Waals surface area contributed by atoms with E-state index >= 15 is 0 Å². The largest absolute Gasteiger partial charge is 0.322 e. The van der Waals surface area contributed by atoms with E-state index in [1.807, 2.05) is 54.6 Å². The monoisotopic (exact) mass is 445 g/mol. The first kappa shape index (κ1) is 19.6. The molecule has 3 rings (SSSR count). The summed E-state index contributed by atoms with van der Waals surface area (Å²) >= 11 is 9.86. The van der Waals surface area contributed by atoms with Gasteiger partial charge in [-0.3, -0.25) is 0 Å². The molecule has 0 radical (unpaired) electrons. The summed E-state index contributed by atoms with van der Waals surface area (Å²) in [4.78, 5) is 19.1. The number of urea groups is 1. The molecule has 1 N–H and O–H groups in total. The first-order valence-corrected chi connectivity index (χ1v) is 10.1. The zero-order valence-corrected chi connectivity index (χ0v) is 17.4. The Labute approximate surface area is 172 Å².